The Morgan fingerprint density at radius 2 is 1.68 bits per heavy atom. The molecular formula is C35H61N5O7. The van der Waals surface area contributed by atoms with E-state index in [1.165, 1.54) is 0 Å². The number of nitrogens with zero attached hydrogens (tertiary/aromatic N) is 1. The van der Waals surface area contributed by atoms with E-state index in [2.05, 4.69) is 34.8 Å². The molecule has 3 amide bonds. The topological polar surface area (TPSA) is 174 Å². The number of pyridine rings is 1. The number of aliphatic hydroxyl groups excluding tert-OH is 1. The molecule has 1 aromatic rings. The number of carbonyl (C=O) groups excluding carboxylic acids is 3. The molecule has 1 heterocycles. The van der Waals surface area contributed by atoms with Gasteiger partial charge < -0.3 is 41.0 Å². The Bertz CT molecular complexity index is 1110. The summed E-state index contributed by atoms with van der Waals surface area (Å²) in [6.07, 6.45) is 4.96. The summed E-state index contributed by atoms with van der Waals surface area (Å²) in [6, 6.07) is 0.415. The second-order valence-electron chi connectivity index (χ2n) is 13.9. The van der Waals surface area contributed by atoms with E-state index >= 15 is 0 Å². The fourth-order valence-electron chi connectivity index (χ4n) is 5.60. The lowest BCUT2D eigenvalue weighted by atomic mass is 9.80. The van der Waals surface area contributed by atoms with Gasteiger partial charge >= 0.3 is 0 Å². The second-order valence-corrected chi connectivity index (χ2v) is 13.9. The fourth-order valence-corrected chi connectivity index (χ4v) is 5.60. The van der Waals surface area contributed by atoms with Gasteiger partial charge in [0, 0.05) is 38.8 Å². The third-order valence-corrected chi connectivity index (χ3v) is 8.96. The molecule has 0 aliphatic heterocycles. The molecule has 6 N–H and O–H groups in total. The third kappa shape index (κ3) is 14.0. The average molecular weight is 664 g/mol. The Balaban J connectivity index is 2.34. The molecule has 0 aromatic carbocycles. The molecule has 2 rings (SSSR count). The van der Waals surface area contributed by atoms with Crippen molar-refractivity contribution in [2.45, 2.75) is 98.3 Å². The lowest BCUT2D eigenvalue weighted by Gasteiger charge is -2.34. The average Bonchev–Trinajstić information content (AvgIpc) is 3.86. The molecular weight excluding hydrogens is 602 g/mol. The molecule has 0 spiro atoms. The van der Waals surface area contributed by atoms with Crippen LogP contribution in [0, 0.1) is 35.5 Å². The van der Waals surface area contributed by atoms with Gasteiger partial charge in [0.25, 0.3) is 5.88 Å². The van der Waals surface area contributed by atoms with Gasteiger partial charge in [-0.25, -0.2) is 4.98 Å². The van der Waals surface area contributed by atoms with Gasteiger partial charge in [0.05, 0.1) is 32.4 Å². The Hall–Kier alpha value is -2.96. The van der Waals surface area contributed by atoms with E-state index < -0.39 is 35.9 Å². The summed E-state index contributed by atoms with van der Waals surface area (Å²) in [5.74, 6) is 0.106. The van der Waals surface area contributed by atoms with Gasteiger partial charge in [-0.05, 0) is 73.3 Å². The highest BCUT2D eigenvalue weighted by Crippen LogP contribution is 2.31. The Morgan fingerprint density at radius 3 is 2.23 bits per heavy atom. The van der Waals surface area contributed by atoms with Crippen LogP contribution in [0.15, 0.2) is 12.3 Å². The Kier molecular flexibility index (Phi) is 17.5. The quantitative estimate of drug-likeness (QED) is 0.110. The van der Waals surface area contributed by atoms with E-state index in [1.807, 2.05) is 33.8 Å². The highest BCUT2D eigenvalue weighted by atomic mass is 16.5. The van der Waals surface area contributed by atoms with E-state index in [-0.39, 0.29) is 42.5 Å². The van der Waals surface area contributed by atoms with Crippen LogP contribution < -0.4 is 31.2 Å². The number of carbonyl (C=O) groups is 3. The van der Waals surface area contributed by atoms with E-state index in [0.717, 1.165) is 24.8 Å². The molecule has 1 saturated carbocycles. The number of methoxy groups -OCH3 is 2. The van der Waals surface area contributed by atoms with Gasteiger partial charge in [0.15, 0.2) is 5.75 Å². The first-order chi connectivity index (χ1) is 22.3. The first-order valence-corrected chi connectivity index (χ1v) is 17.2. The molecule has 0 bridgehead atoms. The van der Waals surface area contributed by atoms with Crippen molar-refractivity contribution in [1.82, 2.24) is 20.9 Å². The summed E-state index contributed by atoms with van der Waals surface area (Å²) >= 11 is 0. The lowest BCUT2D eigenvalue weighted by molar-refractivity contribution is -0.131. The normalized spacial score (nSPS) is 16.4. The summed E-state index contributed by atoms with van der Waals surface area (Å²) in [4.78, 5) is 43.5. The predicted octanol–water partition coefficient (Wildman–Crippen LogP) is 2.84. The lowest BCUT2D eigenvalue weighted by Crippen LogP contribution is -2.56. The van der Waals surface area contributed by atoms with Crippen LogP contribution in [0.3, 0.4) is 0 Å². The van der Waals surface area contributed by atoms with Crippen molar-refractivity contribution in [2.75, 3.05) is 40.5 Å². The number of aromatic nitrogens is 1. The third-order valence-electron chi connectivity index (χ3n) is 8.96. The number of aliphatic hydroxyl groups is 1. The summed E-state index contributed by atoms with van der Waals surface area (Å²) in [6.45, 7) is 13.3. The maximum atomic E-state index is 13.7. The van der Waals surface area contributed by atoms with Gasteiger partial charge in [-0.3, -0.25) is 14.4 Å². The number of nitrogens with two attached hydrogens (primary N) is 1. The highest BCUT2D eigenvalue weighted by Gasteiger charge is 2.35. The molecule has 1 aliphatic rings. The summed E-state index contributed by atoms with van der Waals surface area (Å²) in [5, 5.41) is 20.6. The van der Waals surface area contributed by atoms with Crippen LogP contribution in [0.5, 0.6) is 11.6 Å². The molecule has 3 unspecified atom stereocenters. The number of nitrogens with one attached hydrogen (secondary N) is 3. The minimum atomic E-state index is -1.01. The van der Waals surface area contributed by atoms with Crippen molar-refractivity contribution in [2.24, 2.45) is 41.2 Å². The van der Waals surface area contributed by atoms with Crippen LogP contribution in [0.2, 0.25) is 0 Å². The van der Waals surface area contributed by atoms with Gasteiger partial charge in [-0.2, -0.15) is 0 Å². The van der Waals surface area contributed by atoms with Crippen molar-refractivity contribution >= 4 is 17.7 Å². The van der Waals surface area contributed by atoms with Crippen molar-refractivity contribution in [1.29, 1.82) is 0 Å². The van der Waals surface area contributed by atoms with Crippen LogP contribution in [0.25, 0.3) is 0 Å². The second kappa shape index (κ2) is 20.4. The Morgan fingerprint density at radius 1 is 0.979 bits per heavy atom. The fraction of sp³-hybridized carbons (Fsp3) is 0.771. The van der Waals surface area contributed by atoms with Gasteiger partial charge in [0.1, 0.15) is 6.04 Å². The van der Waals surface area contributed by atoms with Gasteiger partial charge in [-0.1, -0.05) is 41.5 Å². The first-order valence-electron chi connectivity index (χ1n) is 17.2. The first kappa shape index (κ1) is 40.2. The van der Waals surface area contributed by atoms with Crippen molar-refractivity contribution < 1.29 is 33.7 Å². The minimum absolute atomic E-state index is 0.0129. The van der Waals surface area contributed by atoms with Crippen molar-refractivity contribution in [3.8, 4) is 11.6 Å². The van der Waals surface area contributed by atoms with E-state index in [1.54, 1.807) is 20.4 Å². The zero-order chi connectivity index (χ0) is 35.1. The SMILES string of the molecule is COCCCOc1cc(CC(C[C@H](NC(=O)[C@@H](NC(=O)CN)C(C)C)C(O)CC(C(=O)NCC2CC2)C(C)C)C(C)C)cnc1OC. The molecule has 12 heteroatoms. The van der Waals surface area contributed by atoms with Crippen molar-refractivity contribution in [3.05, 3.63) is 17.8 Å². The predicted molar refractivity (Wildman–Crippen MR) is 182 cm³/mol. The summed E-state index contributed by atoms with van der Waals surface area (Å²) in [7, 11) is 3.19. The van der Waals surface area contributed by atoms with Crippen LogP contribution in [0.4, 0.5) is 0 Å². The van der Waals surface area contributed by atoms with E-state index in [0.29, 0.717) is 50.1 Å². The molecule has 0 saturated heterocycles. The number of hydrogen-bond donors (Lipinski definition) is 5. The smallest absolute Gasteiger partial charge is 0.256 e. The number of ether oxygens (including phenoxy) is 3. The van der Waals surface area contributed by atoms with Crippen LogP contribution in [-0.2, 0) is 25.5 Å². The molecule has 12 nitrogen and oxygen atoms in total. The number of hydrogen-bond acceptors (Lipinski definition) is 9. The van der Waals surface area contributed by atoms with Gasteiger partial charge in [-0.15, -0.1) is 0 Å². The van der Waals surface area contributed by atoms with Crippen LogP contribution >= 0.6 is 0 Å². The molecule has 1 aliphatic carbocycles. The number of amides is 3. The van der Waals surface area contributed by atoms with Gasteiger partial charge in [0.2, 0.25) is 17.7 Å². The molecule has 1 fully saturated rings. The highest BCUT2D eigenvalue weighted by molar-refractivity contribution is 5.88. The zero-order valence-corrected chi connectivity index (χ0v) is 29.8. The molecule has 5 atom stereocenters. The molecule has 268 valence electrons. The maximum Gasteiger partial charge on any atom is 0.256 e. The molecule has 0 radical (unpaired) electrons. The van der Waals surface area contributed by atoms with Crippen LogP contribution in [0.1, 0.15) is 79.2 Å². The molecule has 1 aromatic heterocycles. The summed E-state index contributed by atoms with van der Waals surface area (Å²) < 4.78 is 16.5. The van der Waals surface area contributed by atoms with E-state index in [9.17, 15) is 19.5 Å². The van der Waals surface area contributed by atoms with Crippen LogP contribution in [-0.4, -0.2) is 86.5 Å². The van der Waals surface area contributed by atoms with Crippen molar-refractivity contribution in [3.63, 3.8) is 0 Å². The summed E-state index contributed by atoms with van der Waals surface area (Å²) in [5.41, 5.74) is 6.45. The largest absolute Gasteiger partial charge is 0.488 e. The molecule has 47 heavy (non-hydrogen) atoms. The standard InChI is InChI=1S/C35H61N5O7/c1-21(2)26(14-25-15-30(35(46-8)38-20-25)47-13-9-12-45-7)16-28(39-34(44)32(23(5)6)40-31(42)18-36)29(41)17-27(22(3)4)33(43)37-19-24-10-11-24/h15,20-24,26-29,32,41H,9-14,16-19,36H2,1-8H3,(H,37,43)(H,39,44)(H,40,42)/t26?,27?,28-,29?,32-/m0/s1. The minimum Gasteiger partial charge on any atom is -0.488 e. The maximum absolute atomic E-state index is 13.7. The van der Waals surface area contributed by atoms with E-state index in [4.69, 9.17) is 19.9 Å². The zero-order valence-electron chi connectivity index (χ0n) is 29.8. The monoisotopic (exact) mass is 663 g/mol. The Labute approximate surface area is 281 Å². The number of rotatable bonds is 23.